The molecule has 2 heterocycles. The van der Waals surface area contributed by atoms with Crippen LogP contribution in [0.2, 0.25) is 0 Å². The number of imidazole rings is 1. The first-order valence-corrected chi connectivity index (χ1v) is 7.23. The number of aromatic amines is 1. The summed E-state index contributed by atoms with van der Waals surface area (Å²) >= 11 is 3.17. The van der Waals surface area contributed by atoms with Gasteiger partial charge in [0.15, 0.2) is 0 Å². The molecule has 1 aromatic carbocycles. The van der Waals surface area contributed by atoms with E-state index in [0.717, 1.165) is 31.4 Å². The molecular formula is C13H15BrFN3O. The lowest BCUT2D eigenvalue weighted by molar-refractivity contribution is 0.333. The zero-order valence-corrected chi connectivity index (χ0v) is 12.0. The molecule has 0 bridgehead atoms. The van der Waals surface area contributed by atoms with E-state index >= 15 is 0 Å². The molecule has 1 saturated heterocycles. The van der Waals surface area contributed by atoms with Crippen LogP contribution < -0.4 is 11.0 Å². The van der Waals surface area contributed by atoms with Crippen LogP contribution in [0.25, 0.3) is 11.0 Å². The normalized spacial score (nSPS) is 17.2. The summed E-state index contributed by atoms with van der Waals surface area (Å²) in [7, 11) is 0. The Balaban J connectivity index is 2.00. The van der Waals surface area contributed by atoms with Crippen molar-refractivity contribution in [3.8, 4) is 0 Å². The quantitative estimate of drug-likeness (QED) is 0.888. The first kappa shape index (κ1) is 12.9. The summed E-state index contributed by atoms with van der Waals surface area (Å²) in [6.07, 6.45) is 2.14. The highest BCUT2D eigenvalue weighted by Gasteiger charge is 2.17. The lowest BCUT2D eigenvalue weighted by Crippen LogP contribution is -2.31. The van der Waals surface area contributed by atoms with Crippen molar-refractivity contribution >= 4 is 27.0 Å². The van der Waals surface area contributed by atoms with Crippen molar-refractivity contribution in [1.29, 1.82) is 0 Å². The summed E-state index contributed by atoms with van der Waals surface area (Å²) in [6, 6.07) is 3.03. The van der Waals surface area contributed by atoms with Gasteiger partial charge in [-0.25, -0.2) is 9.18 Å². The Bertz CT molecular complexity index is 658. The largest absolute Gasteiger partial charge is 0.326 e. The van der Waals surface area contributed by atoms with Gasteiger partial charge in [0.05, 0.1) is 15.5 Å². The topological polar surface area (TPSA) is 49.8 Å². The summed E-state index contributed by atoms with van der Waals surface area (Å²) in [5.74, 6) is 0.143. The van der Waals surface area contributed by atoms with Crippen molar-refractivity contribution in [3.05, 3.63) is 32.9 Å². The van der Waals surface area contributed by atoms with Gasteiger partial charge in [-0.2, -0.15) is 0 Å². The van der Waals surface area contributed by atoms with Crippen molar-refractivity contribution in [2.45, 2.75) is 19.4 Å². The predicted molar refractivity (Wildman–Crippen MR) is 75.8 cm³/mol. The van der Waals surface area contributed by atoms with E-state index in [1.54, 1.807) is 10.6 Å². The molecule has 0 amide bonds. The third-order valence-corrected chi connectivity index (χ3v) is 4.32. The number of hydrogen-bond donors (Lipinski definition) is 2. The van der Waals surface area contributed by atoms with Gasteiger partial charge < -0.3 is 10.3 Å². The van der Waals surface area contributed by atoms with E-state index in [-0.39, 0.29) is 11.5 Å². The maximum atomic E-state index is 13.5. The van der Waals surface area contributed by atoms with E-state index in [1.807, 2.05) is 0 Å². The van der Waals surface area contributed by atoms with Gasteiger partial charge >= 0.3 is 5.69 Å². The summed E-state index contributed by atoms with van der Waals surface area (Å²) in [5.41, 5.74) is 1.16. The molecule has 4 nitrogen and oxygen atoms in total. The van der Waals surface area contributed by atoms with Gasteiger partial charge in [0.25, 0.3) is 0 Å². The number of nitrogens with one attached hydrogen (secondary N) is 2. The molecule has 1 aliphatic rings. The molecule has 2 aromatic rings. The van der Waals surface area contributed by atoms with Gasteiger partial charge in [-0.05, 0) is 53.8 Å². The lowest BCUT2D eigenvalue weighted by atomic mass is 9.98. The number of piperidine rings is 1. The molecule has 1 aromatic heterocycles. The smallest absolute Gasteiger partial charge is 0.317 e. The monoisotopic (exact) mass is 327 g/mol. The van der Waals surface area contributed by atoms with Crippen LogP contribution in [-0.4, -0.2) is 22.6 Å². The van der Waals surface area contributed by atoms with E-state index in [0.29, 0.717) is 22.5 Å². The Morgan fingerprint density at radius 2 is 2.11 bits per heavy atom. The maximum absolute atomic E-state index is 13.5. The van der Waals surface area contributed by atoms with E-state index in [2.05, 4.69) is 26.2 Å². The fraction of sp³-hybridized carbons (Fsp3) is 0.462. The number of fused-ring (bicyclic) bond motifs is 1. The van der Waals surface area contributed by atoms with Crippen LogP contribution in [0.15, 0.2) is 21.4 Å². The molecule has 0 saturated carbocycles. The molecule has 0 atom stereocenters. The van der Waals surface area contributed by atoms with Crippen molar-refractivity contribution in [2.24, 2.45) is 5.92 Å². The van der Waals surface area contributed by atoms with Crippen molar-refractivity contribution in [2.75, 3.05) is 13.1 Å². The van der Waals surface area contributed by atoms with Gasteiger partial charge in [-0.1, -0.05) is 0 Å². The number of H-pyrrole nitrogens is 1. The zero-order valence-electron chi connectivity index (χ0n) is 10.4. The van der Waals surface area contributed by atoms with Crippen LogP contribution in [0, 0.1) is 11.7 Å². The molecule has 1 aliphatic heterocycles. The third kappa shape index (κ3) is 2.47. The minimum absolute atomic E-state index is 0.161. The van der Waals surface area contributed by atoms with Crippen LogP contribution in [-0.2, 0) is 6.54 Å². The second kappa shape index (κ2) is 5.09. The first-order chi connectivity index (χ1) is 9.15. The molecule has 2 N–H and O–H groups in total. The molecular weight excluding hydrogens is 313 g/mol. The van der Waals surface area contributed by atoms with Gasteiger partial charge in [-0.15, -0.1) is 0 Å². The zero-order chi connectivity index (χ0) is 13.4. The van der Waals surface area contributed by atoms with Gasteiger partial charge in [0, 0.05) is 12.6 Å². The SMILES string of the molecule is O=c1[nH]c2cc(F)c(Br)cc2n1CC1CCNCC1. The van der Waals surface area contributed by atoms with E-state index in [4.69, 9.17) is 0 Å². The van der Waals surface area contributed by atoms with Crippen molar-refractivity contribution < 1.29 is 4.39 Å². The number of aromatic nitrogens is 2. The maximum Gasteiger partial charge on any atom is 0.326 e. The summed E-state index contributed by atoms with van der Waals surface area (Å²) in [6.45, 7) is 2.69. The fourth-order valence-electron chi connectivity index (χ4n) is 2.66. The van der Waals surface area contributed by atoms with E-state index in [1.165, 1.54) is 6.07 Å². The number of rotatable bonds is 2. The lowest BCUT2D eigenvalue weighted by Gasteiger charge is -2.22. The Morgan fingerprint density at radius 1 is 1.37 bits per heavy atom. The summed E-state index contributed by atoms with van der Waals surface area (Å²) < 4.78 is 15.6. The number of hydrogen-bond acceptors (Lipinski definition) is 2. The Kier molecular flexibility index (Phi) is 3.45. The Morgan fingerprint density at radius 3 is 2.84 bits per heavy atom. The van der Waals surface area contributed by atoms with Crippen LogP contribution in [0.4, 0.5) is 4.39 Å². The number of halogens is 2. The van der Waals surface area contributed by atoms with Crippen LogP contribution >= 0.6 is 15.9 Å². The molecule has 0 aliphatic carbocycles. The van der Waals surface area contributed by atoms with Crippen LogP contribution in [0.5, 0.6) is 0 Å². The third-order valence-electron chi connectivity index (χ3n) is 3.72. The standard InChI is InChI=1S/C13H15BrFN3O/c14-9-5-12-11(6-10(9)15)17-13(19)18(12)7-8-1-3-16-4-2-8/h5-6,8,16H,1-4,7H2,(H,17,19). The van der Waals surface area contributed by atoms with Crippen LogP contribution in [0.3, 0.4) is 0 Å². The molecule has 0 radical (unpaired) electrons. The molecule has 1 fully saturated rings. The Labute approximate surface area is 118 Å². The molecule has 19 heavy (non-hydrogen) atoms. The van der Waals surface area contributed by atoms with Gasteiger partial charge in [-0.3, -0.25) is 4.57 Å². The molecule has 0 unspecified atom stereocenters. The second-order valence-corrected chi connectivity index (χ2v) is 5.87. The average molecular weight is 328 g/mol. The minimum Gasteiger partial charge on any atom is -0.317 e. The summed E-state index contributed by atoms with van der Waals surface area (Å²) in [4.78, 5) is 14.7. The predicted octanol–water partition coefficient (Wildman–Crippen LogP) is 2.23. The minimum atomic E-state index is -0.359. The highest BCUT2D eigenvalue weighted by atomic mass is 79.9. The molecule has 3 rings (SSSR count). The molecule has 102 valence electrons. The van der Waals surface area contributed by atoms with Crippen molar-refractivity contribution in [3.63, 3.8) is 0 Å². The van der Waals surface area contributed by atoms with Crippen LogP contribution in [0.1, 0.15) is 12.8 Å². The highest BCUT2D eigenvalue weighted by molar-refractivity contribution is 9.10. The Hall–Kier alpha value is -1.14. The number of benzene rings is 1. The number of nitrogens with zero attached hydrogens (tertiary/aromatic N) is 1. The molecule has 6 heteroatoms. The van der Waals surface area contributed by atoms with Gasteiger partial charge in [0.1, 0.15) is 5.82 Å². The summed E-state index contributed by atoms with van der Waals surface area (Å²) in [5, 5.41) is 3.31. The highest BCUT2D eigenvalue weighted by Crippen LogP contribution is 2.23. The van der Waals surface area contributed by atoms with E-state index < -0.39 is 0 Å². The van der Waals surface area contributed by atoms with E-state index in [9.17, 15) is 9.18 Å². The van der Waals surface area contributed by atoms with Gasteiger partial charge in [0.2, 0.25) is 0 Å². The molecule has 0 spiro atoms. The van der Waals surface area contributed by atoms with Crippen molar-refractivity contribution in [1.82, 2.24) is 14.9 Å². The fourth-order valence-corrected chi connectivity index (χ4v) is 2.99. The first-order valence-electron chi connectivity index (χ1n) is 6.43. The second-order valence-electron chi connectivity index (χ2n) is 5.02. The average Bonchev–Trinajstić information content (AvgIpc) is 2.68.